The second-order valence-corrected chi connectivity index (χ2v) is 8.61. The second-order valence-electron chi connectivity index (χ2n) is 8.61. The summed E-state index contributed by atoms with van der Waals surface area (Å²) in [5.74, 6) is 1.65. The molecule has 7 nitrogen and oxygen atoms in total. The summed E-state index contributed by atoms with van der Waals surface area (Å²) in [4.78, 5) is 24.7. The van der Waals surface area contributed by atoms with Crippen LogP contribution in [0.5, 0.6) is 0 Å². The summed E-state index contributed by atoms with van der Waals surface area (Å²) in [6, 6.07) is 1.98. The van der Waals surface area contributed by atoms with E-state index in [4.69, 9.17) is 4.98 Å². The molecule has 2 aromatic heterocycles. The number of carbonyl (C=O) groups is 1. The van der Waals surface area contributed by atoms with Gasteiger partial charge < -0.3 is 14.7 Å². The van der Waals surface area contributed by atoms with Crippen molar-refractivity contribution in [3.63, 3.8) is 0 Å². The highest BCUT2D eigenvalue weighted by Crippen LogP contribution is 2.32. The summed E-state index contributed by atoms with van der Waals surface area (Å²) in [5.41, 5.74) is 3.44. The zero-order valence-electron chi connectivity index (χ0n) is 16.8. The molecular weight excluding hydrogens is 352 g/mol. The lowest BCUT2D eigenvalue weighted by Gasteiger charge is -2.42. The number of aromatic nitrogens is 3. The van der Waals surface area contributed by atoms with Crippen molar-refractivity contribution in [3.05, 3.63) is 23.5 Å². The highest BCUT2D eigenvalue weighted by molar-refractivity contribution is 5.82. The van der Waals surface area contributed by atoms with E-state index in [0.29, 0.717) is 5.91 Å². The van der Waals surface area contributed by atoms with Crippen LogP contribution >= 0.6 is 0 Å². The fourth-order valence-electron chi connectivity index (χ4n) is 4.86. The maximum Gasteiger partial charge on any atom is 0.229 e. The average Bonchev–Trinajstić information content (AvgIpc) is 2.85. The van der Waals surface area contributed by atoms with E-state index in [2.05, 4.69) is 26.8 Å². The van der Waals surface area contributed by atoms with E-state index in [-0.39, 0.29) is 5.92 Å². The molecule has 0 bridgehead atoms. The van der Waals surface area contributed by atoms with E-state index in [0.717, 1.165) is 70.6 Å². The van der Waals surface area contributed by atoms with Gasteiger partial charge in [0.2, 0.25) is 5.91 Å². The van der Waals surface area contributed by atoms with Gasteiger partial charge in [0.15, 0.2) is 5.65 Å². The van der Waals surface area contributed by atoms with Crippen molar-refractivity contribution in [2.24, 2.45) is 5.92 Å². The molecule has 2 saturated heterocycles. The van der Waals surface area contributed by atoms with E-state index >= 15 is 0 Å². The Morgan fingerprint density at radius 3 is 2.57 bits per heavy atom. The Hall–Kier alpha value is -2.15. The van der Waals surface area contributed by atoms with Gasteiger partial charge in [0.05, 0.1) is 17.8 Å². The molecule has 0 radical (unpaired) electrons. The molecule has 0 N–H and O–H groups in total. The Bertz CT molecular complexity index is 863. The largest absolute Gasteiger partial charge is 0.354 e. The van der Waals surface area contributed by atoms with Crippen molar-refractivity contribution in [2.75, 3.05) is 51.2 Å². The summed E-state index contributed by atoms with van der Waals surface area (Å²) < 4.78 is 1.98. The lowest BCUT2D eigenvalue weighted by Crippen LogP contribution is -2.55. The van der Waals surface area contributed by atoms with Crippen molar-refractivity contribution >= 4 is 17.4 Å². The van der Waals surface area contributed by atoms with Gasteiger partial charge in [-0.15, -0.1) is 0 Å². The third-order valence-electron chi connectivity index (χ3n) is 6.61. The molecule has 2 fully saturated rings. The number of hydrogen-bond donors (Lipinski definition) is 0. The van der Waals surface area contributed by atoms with Crippen LogP contribution in [0.25, 0.3) is 5.65 Å². The molecule has 3 aliphatic rings. The molecule has 0 unspecified atom stereocenters. The van der Waals surface area contributed by atoms with Crippen LogP contribution < -0.4 is 4.90 Å². The van der Waals surface area contributed by atoms with Crippen LogP contribution in [0.1, 0.15) is 36.9 Å². The number of amides is 1. The summed E-state index contributed by atoms with van der Waals surface area (Å²) >= 11 is 0. The first-order valence-electron chi connectivity index (χ1n) is 10.8. The molecule has 28 heavy (non-hydrogen) atoms. The van der Waals surface area contributed by atoms with E-state index in [1.54, 1.807) is 0 Å². The van der Waals surface area contributed by atoms with Gasteiger partial charge in [0.25, 0.3) is 0 Å². The van der Waals surface area contributed by atoms with Crippen LogP contribution in [0.15, 0.2) is 12.3 Å². The van der Waals surface area contributed by atoms with Crippen molar-refractivity contribution in [3.8, 4) is 0 Å². The standard InChI is InChI=1S/C21H30N6O/c1-24-12-7-17-18(8-13-24)23-19-6-9-22-27(19)20(17)26-14-16(15-26)21(28)25-10-4-2-3-5-11-25/h6,9,16H,2-5,7-8,10-15H2,1H3. The van der Waals surface area contributed by atoms with Crippen molar-refractivity contribution < 1.29 is 4.79 Å². The number of likely N-dealkylation sites (N-methyl/N-ethyl adjacent to an activating group) is 1. The number of carbonyl (C=O) groups excluding carboxylic acids is 1. The molecule has 0 atom stereocenters. The van der Waals surface area contributed by atoms with E-state index in [1.807, 2.05) is 16.8 Å². The molecule has 150 valence electrons. The molecule has 0 aliphatic carbocycles. The Balaban J connectivity index is 1.39. The topological polar surface area (TPSA) is 57.0 Å². The van der Waals surface area contributed by atoms with E-state index in [9.17, 15) is 4.79 Å². The number of fused-ring (bicyclic) bond motifs is 2. The first-order chi connectivity index (χ1) is 13.7. The van der Waals surface area contributed by atoms with E-state index < -0.39 is 0 Å². The second kappa shape index (κ2) is 7.35. The van der Waals surface area contributed by atoms with Gasteiger partial charge in [-0.05, 0) is 26.3 Å². The Morgan fingerprint density at radius 2 is 1.79 bits per heavy atom. The zero-order chi connectivity index (χ0) is 19.1. The van der Waals surface area contributed by atoms with Crippen LogP contribution in [0.2, 0.25) is 0 Å². The molecule has 1 amide bonds. The smallest absolute Gasteiger partial charge is 0.229 e. The lowest BCUT2D eigenvalue weighted by atomic mass is 9.96. The minimum absolute atomic E-state index is 0.126. The number of anilines is 1. The quantitative estimate of drug-likeness (QED) is 0.790. The maximum atomic E-state index is 13.0. The normalized spacial score (nSPS) is 21.9. The molecule has 3 aliphatic heterocycles. The fraction of sp³-hybridized carbons (Fsp3) is 0.667. The summed E-state index contributed by atoms with van der Waals surface area (Å²) in [6.07, 6.45) is 8.63. The molecule has 5 rings (SSSR count). The Labute approximate surface area is 166 Å². The van der Waals surface area contributed by atoms with Gasteiger partial charge in [0.1, 0.15) is 5.82 Å². The molecule has 0 saturated carbocycles. The minimum Gasteiger partial charge on any atom is -0.354 e. The van der Waals surface area contributed by atoms with Crippen molar-refractivity contribution in [2.45, 2.75) is 38.5 Å². The fourth-order valence-corrected chi connectivity index (χ4v) is 4.86. The number of nitrogens with zero attached hydrogens (tertiary/aromatic N) is 6. The third kappa shape index (κ3) is 3.15. The highest BCUT2D eigenvalue weighted by Gasteiger charge is 2.38. The SMILES string of the molecule is CN1CCc2nc3ccnn3c(N3CC(C(=O)N4CCCCCC4)C3)c2CC1. The van der Waals surface area contributed by atoms with Gasteiger partial charge in [0, 0.05) is 57.3 Å². The Kier molecular flexibility index (Phi) is 4.70. The zero-order valence-corrected chi connectivity index (χ0v) is 16.8. The van der Waals surface area contributed by atoms with Gasteiger partial charge in [-0.2, -0.15) is 9.61 Å². The van der Waals surface area contributed by atoms with Crippen LogP contribution in [-0.4, -0.2) is 76.6 Å². The molecule has 0 aromatic carbocycles. The van der Waals surface area contributed by atoms with Crippen LogP contribution in [0.4, 0.5) is 5.82 Å². The minimum atomic E-state index is 0.126. The van der Waals surface area contributed by atoms with E-state index in [1.165, 1.54) is 29.9 Å². The molecular formula is C21H30N6O. The first kappa shape index (κ1) is 17.9. The lowest BCUT2D eigenvalue weighted by molar-refractivity contribution is -0.136. The molecule has 2 aromatic rings. The van der Waals surface area contributed by atoms with Crippen LogP contribution in [0, 0.1) is 5.92 Å². The summed E-state index contributed by atoms with van der Waals surface area (Å²) in [7, 11) is 2.18. The average molecular weight is 383 g/mol. The first-order valence-corrected chi connectivity index (χ1v) is 10.8. The predicted molar refractivity (Wildman–Crippen MR) is 109 cm³/mol. The predicted octanol–water partition coefficient (Wildman–Crippen LogP) is 1.60. The summed E-state index contributed by atoms with van der Waals surface area (Å²) in [5, 5.41) is 4.56. The monoisotopic (exact) mass is 382 g/mol. The van der Waals surface area contributed by atoms with Crippen LogP contribution in [0.3, 0.4) is 0 Å². The van der Waals surface area contributed by atoms with Gasteiger partial charge >= 0.3 is 0 Å². The van der Waals surface area contributed by atoms with Gasteiger partial charge in [-0.1, -0.05) is 12.8 Å². The molecule has 5 heterocycles. The number of rotatable bonds is 2. The van der Waals surface area contributed by atoms with Crippen LogP contribution in [-0.2, 0) is 17.6 Å². The highest BCUT2D eigenvalue weighted by atomic mass is 16.2. The maximum absolute atomic E-state index is 13.0. The summed E-state index contributed by atoms with van der Waals surface area (Å²) in [6.45, 7) is 5.57. The number of hydrogen-bond acceptors (Lipinski definition) is 5. The molecule has 7 heteroatoms. The Morgan fingerprint density at radius 1 is 1.04 bits per heavy atom. The van der Waals surface area contributed by atoms with Crippen molar-refractivity contribution in [1.82, 2.24) is 24.4 Å². The number of likely N-dealkylation sites (tertiary alicyclic amines) is 1. The van der Waals surface area contributed by atoms with Gasteiger partial charge in [-0.25, -0.2) is 4.98 Å². The molecule has 0 spiro atoms. The van der Waals surface area contributed by atoms with Crippen molar-refractivity contribution in [1.29, 1.82) is 0 Å². The third-order valence-corrected chi connectivity index (χ3v) is 6.61. The van der Waals surface area contributed by atoms with Gasteiger partial charge in [-0.3, -0.25) is 4.79 Å².